The first kappa shape index (κ1) is 16.5. The molecule has 2 aromatic carbocycles. The van der Waals surface area contributed by atoms with E-state index in [-0.39, 0.29) is 20.2 Å². The van der Waals surface area contributed by atoms with E-state index >= 15 is 0 Å². The van der Waals surface area contributed by atoms with Crippen LogP contribution < -0.4 is 10.9 Å². The second-order valence-electron chi connectivity index (χ2n) is 4.99. The molecule has 0 unspecified atom stereocenters. The minimum atomic E-state index is -3.89. The Hall–Kier alpha value is -1.90. The zero-order valence-electron chi connectivity index (χ0n) is 12.1. The van der Waals surface area contributed by atoms with Crippen molar-refractivity contribution in [2.75, 3.05) is 5.73 Å². The number of anilines is 1. The van der Waals surface area contributed by atoms with Crippen LogP contribution in [0.3, 0.4) is 0 Å². The molecule has 0 aliphatic heterocycles. The number of aryl methyl sites for hydroxylation is 2. The van der Waals surface area contributed by atoms with Crippen LogP contribution in [0.4, 0.5) is 5.69 Å². The lowest BCUT2D eigenvalue weighted by Gasteiger charge is -2.09. The fraction of sp³-hybridized carbons (Fsp3) is 0.143. The molecule has 4 N–H and O–H groups in total. The third kappa shape index (κ3) is 2.99. The maximum absolute atomic E-state index is 12.6. The molecule has 2 aromatic rings. The number of rotatable bonds is 3. The highest BCUT2D eigenvalue weighted by Crippen LogP contribution is 2.26. The third-order valence-corrected chi connectivity index (χ3v) is 6.14. The van der Waals surface area contributed by atoms with Gasteiger partial charge in [-0.2, -0.15) is 0 Å². The Morgan fingerprint density at radius 2 is 1.36 bits per heavy atom. The number of primary sulfonamides is 1. The molecule has 0 bridgehead atoms. The van der Waals surface area contributed by atoms with E-state index in [0.717, 1.165) is 5.56 Å². The summed E-state index contributed by atoms with van der Waals surface area (Å²) in [4.78, 5) is -0.0612. The van der Waals surface area contributed by atoms with Gasteiger partial charge in [0.05, 0.1) is 14.7 Å². The number of hydrogen-bond acceptors (Lipinski definition) is 5. The summed E-state index contributed by atoms with van der Waals surface area (Å²) in [6, 6.07) is 8.16. The number of nitrogen functional groups attached to an aromatic ring is 1. The predicted molar refractivity (Wildman–Crippen MR) is 83.6 cm³/mol. The lowest BCUT2D eigenvalue weighted by atomic mass is 10.2. The molecule has 0 heterocycles. The molecule has 0 radical (unpaired) electrons. The summed E-state index contributed by atoms with van der Waals surface area (Å²) < 4.78 is 47.9. The molecule has 0 spiro atoms. The average molecular weight is 340 g/mol. The van der Waals surface area contributed by atoms with E-state index in [1.807, 2.05) is 0 Å². The van der Waals surface area contributed by atoms with Crippen LogP contribution >= 0.6 is 0 Å². The summed E-state index contributed by atoms with van der Waals surface area (Å²) in [5, 5.41) is 5.07. The second-order valence-corrected chi connectivity index (χ2v) is 8.47. The standard InChI is InChI=1S/C14H16N2O4S2/c1-9-3-4-12(8-13(9)15)21(17,18)11-5-6-14(10(2)7-11)22(16,19)20/h3-8H,15H2,1-2H3,(H2,16,19,20). The zero-order chi connectivity index (χ0) is 16.7. The molecule has 22 heavy (non-hydrogen) atoms. The highest BCUT2D eigenvalue weighted by molar-refractivity contribution is 7.91. The first-order chi connectivity index (χ1) is 10.0. The molecule has 6 nitrogen and oxygen atoms in total. The topological polar surface area (TPSA) is 120 Å². The number of nitrogens with two attached hydrogens (primary N) is 2. The minimum Gasteiger partial charge on any atom is -0.398 e. The summed E-state index contributed by atoms with van der Waals surface area (Å²) in [7, 11) is -7.67. The van der Waals surface area contributed by atoms with Crippen molar-refractivity contribution in [1.29, 1.82) is 0 Å². The molecule has 0 saturated carbocycles. The van der Waals surface area contributed by atoms with E-state index in [4.69, 9.17) is 10.9 Å². The van der Waals surface area contributed by atoms with Gasteiger partial charge in [0.25, 0.3) is 0 Å². The minimum absolute atomic E-state index is 0.0133. The Bertz CT molecular complexity index is 949. The highest BCUT2D eigenvalue weighted by atomic mass is 32.2. The van der Waals surface area contributed by atoms with Gasteiger partial charge in [-0.15, -0.1) is 0 Å². The lowest BCUT2D eigenvalue weighted by Crippen LogP contribution is -2.14. The smallest absolute Gasteiger partial charge is 0.238 e. The molecule has 8 heteroatoms. The van der Waals surface area contributed by atoms with Gasteiger partial charge in [0, 0.05) is 5.69 Å². The third-order valence-electron chi connectivity index (χ3n) is 3.32. The van der Waals surface area contributed by atoms with E-state index < -0.39 is 19.9 Å². The Kier molecular flexibility index (Phi) is 4.03. The van der Waals surface area contributed by atoms with Crippen LogP contribution in [-0.4, -0.2) is 16.8 Å². The normalized spacial score (nSPS) is 12.3. The molecule has 0 aliphatic carbocycles. The van der Waals surface area contributed by atoms with Crippen molar-refractivity contribution in [2.24, 2.45) is 5.14 Å². The van der Waals surface area contributed by atoms with Crippen molar-refractivity contribution in [1.82, 2.24) is 0 Å². The largest absolute Gasteiger partial charge is 0.398 e. The number of sulfonamides is 1. The fourth-order valence-corrected chi connectivity index (χ4v) is 4.18. The van der Waals surface area contributed by atoms with Crippen LogP contribution in [0, 0.1) is 13.8 Å². The van der Waals surface area contributed by atoms with Gasteiger partial charge < -0.3 is 5.73 Å². The van der Waals surface area contributed by atoms with Crippen molar-refractivity contribution < 1.29 is 16.8 Å². The van der Waals surface area contributed by atoms with E-state index in [9.17, 15) is 16.8 Å². The Morgan fingerprint density at radius 1 is 0.818 bits per heavy atom. The van der Waals surface area contributed by atoms with Crippen molar-refractivity contribution in [3.05, 3.63) is 47.5 Å². The predicted octanol–water partition coefficient (Wildman–Crippen LogP) is 1.37. The van der Waals surface area contributed by atoms with E-state index in [2.05, 4.69) is 0 Å². The molecular formula is C14H16N2O4S2. The maximum atomic E-state index is 12.6. The van der Waals surface area contributed by atoms with Crippen molar-refractivity contribution in [3.63, 3.8) is 0 Å². The summed E-state index contributed by atoms with van der Waals surface area (Å²) in [6.07, 6.45) is 0. The summed E-state index contributed by atoms with van der Waals surface area (Å²) >= 11 is 0. The monoisotopic (exact) mass is 340 g/mol. The Morgan fingerprint density at radius 3 is 1.86 bits per heavy atom. The van der Waals surface area contributed by atoms with Crippen LogP contribution in [0.1, 0.15) is 11.1 Å². The SMILES string of the molecule is Cc1ccc(S(=O)(=O)c2ccc(S(N)(=O)=O)c(C)c2)cc1N. The van der Waals surface area contributed by atoms with E-state index in [0.29, 0.717) is 5.69 Å². The average Bonchev–Trinajstić information content (AvgIpc) is 2.40. The molecular weight excluding hydrogens is 324 g/mol. The second kappa shape index (κ2) is 5.38. The number of hydrogen-bond donors (Lipinski definition) is 2. The van der Waals surface area contributed by atoms with Gasteiger partial charge in [0.2, 0.25) is 19.9 Å². The van der Waals surface area contributed by atoms with Crippen molar-refractivity contribution in [3.8, 4) is 0 Å². The zero-order valence-corrected chi connectivity index (χ0v) is 13.7. The molecule has 0 saturated heterocycles. The molecule has 0 amide bonds. The van der Waals surface area contributed by atoms with Crippen molar-refractivity contribution >= 4 is 25.5 Å². The van der Waals surface area contributed by atoms with Gasteiger partial charge in [0.1, 0.15) is 0 Å². The highest BCUT2D eigenvalue weighted by Gasteiger charge is 2.21. The maximum Gasteiger partial charge on any atom is 0.238 e. The summed E-state index contributed by atoms with van der Waals surface area (Å²) in [5.41, 5.74) is 7.17. The molecule has 0 aliphatic rings. The quantitative estimate of drug-likeness (QED) is 0.817. The van der Waals surface area contributed by atoms with Gasteiger partial charge >= 0.3 is 0 Å². The van der Waals surface area contributed by atoms with Crippen LogP contribution in [-0.2, 0) is 19.9 Å². The van der Waals surface area contributed by atoms with Crippen LogP contribution in [0.2, 0.25) is 0 Å². The van der Waals surface area contributed by atoms with Gasteiger partial charge in [-0.05, 0) is 55.3 Å². The van der Waals surface area contributed by atoms with Crippen LogP contribution in [0.25, 0.3) is 0 Å². The number of benzene rings is 2. The first-order valence-corrected chi connectivity index (χ1v) is 9.31. The molecule has 0 fully saturated rings. The van der Waals surface area contributed by atoms with Gasteiger partial charge in [-0.1, -0.05) is 6.07 Å². The molecule has 2 rings (SSSR count). The summed E-state index contributed by atoms with van der Waals surface area (Å²) in [5.74, 6) is 0. The van der Waals surface area contributed by atoms with E-state index in [1.54, 1.807) is 13.0 Å². The van der Waals surface area contributed by atoms with Gasteiger partial charge in [-0.25, -0.2) is 22.0 Å². The van der Waals surface area contributed by atoms with E-state index in [1.165, 1.54) is 37.3 Å². The molecule has 0 aromatic heterocycles. The Labute approximate surface area is 129 Å². The van der Waals surface area contributed by atoms with Crippen LogP contribution in [0.5, 0.6) is 0 Å². The number of sulfone groups is 1. The van der Waals surface area contributed by atoms with Crippen LogP contribution in [0.15, 0.2) is 51.1 Å². The fourth-order valence-electron chi connectivity index (χ4n) is 2.03. The Balaban J connectivity index is 2.60. The van der Waals surface area contributed by atoms with Crippen molar-refractivity contribution in [2.45, 2.75) is 28.5 Å². The van der Waals surface area contributed by atoms with Gasteiger partial charge in [-0.3, -0.25) is 0 Å². The molecule has 118 valence electrons. The van der Waals surface area contributed by atoms with Gasteiger partial charge in [0.15, 0.2) is 0 Å². The lowest BCUT2D eigenvalue weighted by molar-refractivity contribution is 0.592. The first-order valence-electron chi connectivity index (χ1n) is 6.28. The molecule has 0 atom stereocenters. The summed E-state index contributed by atoms with van der Waals surface area (Å²) in [6.45, 7) is 3.26.